The molecule has 0 amide bonds. The van der Waals surface area contributed by atoms with Gasteiger partial charge in [-0.15, -0.1) is 0 Å². The molecule has 34 heavy (non-hydrogen) atoms. The Hall–Kier alpha value is -1.06. The van der Waals surface area contributed by atoms with Gasteiger partial charge in [-0.25, -0.2) is 0 Å². The van der Waals surface area contributed by atoms with Crippen molar-refractivity contribution in [1.82, 2.24) is 0 Å². The minimum absolute atomic E-state index is 0. The van der Waals surface area contributed by atoms with Crippen LogP contribution in [-0.2, 0) is 14.4 Å². The Kier molecular flexibility index (Phi) is 21.5. The molecule has 0 saturated carbocycles. The fourth-order valence-electron chi connectivity index (χ4n) is 4.77. The quantitative estimate of drug-likeness (QED) is 0.381. The number of carbonyl (C=O) groups excluding carboxylic acids is 3. The van der Waals surface area contributed by atoms with Gasteiger partial charge in [-0.1, -0.05) is 83.1 Å². The van der Waals surface area contributed by atoms with Crippen LogP contribution < -0.4 is 15.3 Å². The van der Waals surface area contributed by atoms with Gasteiger partial charge in [-0.3, -0.25) is 0 Å². The summed E-state index contributed by atoms with van der Waals surface area (Å²) in [6, 6.07) is 0. The molecule has 0 aromatic rings. The number of carbonyl (C=O) groups is 3. The van der Waals surface area contributed by atoms with Gasteiger partial charge in [-0.2, -0.15) is 0 Å². The van der Waals surface area contributed by atoms with Crippen LogP contribution in [0.4, 0.5) is 0 Å². The van der Waals surface area contributed by atoms with E-state index in [0.717, 1.165) is 0 Å². The van der Waals surface area contributed by atoms with E-state index >= 15 is 0 Å². The molecule has 0 bridgehead atoms. The molecule has 0 aromatic carbocycles. The zero-order chi connectivity index (χ0) is 27.2. The molecule has 0 saturated heterocycles. The Labute approximate surface area is 220 Å². The molecule has 0 aromatic heterocycles. The summed E-state index contributed by atoms with van der Waals surface area (Å²) in [7, 11) is 0. The summed E-state index contributed by atoms with van der Waals surface area (Å²) in [6.07, 6.45) is 3.94. The van der Waals surface area contributed by atoms with E-state index in [1.165, 1.54) is 0 Å². The molecule has 0 aliphatic heterocycles. The first kappa shape index (κ1) is 40.1. The molecule has 198 valence electrons. The molecule has 0 heterocycles. The third-order valence-corrected chi connectivity index (χ3v) is 8.32. The summed E-state index contributed by atoms with van der Waals surface area (Å²) in [5, 5.41) is 32.4. The minimum Gasteiger partial charge on any atom is -0.550 e. The first-order chi connectivity index (χ1) is 15.0. The monoisotopic (exact) mass is 498 g/mol. The van der Waals surface area contributed by atoms with Gasteiger partial charge in [0.05, 0.1) is 0 Å². The average Bonchev–Trinajstić information content (AvgIpc) is 2.71. The van der Waals surface area contributed by atoms with E-state index in [4.69, 9.17) is 0 Å². The van der Waals surface area contributed by atoms with Crippen molar-refractivity contribution < 1.29 is 29.7 Å². The first-order valence-electron chi connectivity index (χ1n) is 12.7. The average molecular weight is 499 g/mol. The molecule has 0 aliphatic carbocycles. The fraction of sp³-hybridized carbons (Fsp3) is 0.889. The second-order valence-electron chi connectivity index (χ2n) is 9.92. The molecule has 0 rings (SSSR count). The zero-order valence-corrected chi connectivity index (χ0v) is 25.2. The van der Waals surface area contributed by atoms with Crippen LogP contribution in [0.5, 0.6) is 0 Å². The van der Waals surface area contributed by atoms with Crippen LogP contribution in [0.15, 0.2) is 0 Å². The minimum atomic E-state index is -0.905. The van der Waals surface area contributed by atoms with Crippen molar-refractivity contribution in [3.8, 4) is 0 Å². The normalized spacial score (nSPS) is 11.7. The Morgan fingerprint density at radius 1 is 0.471 bits per heavy atom. The van der Waals surface area contributed by atoms with Crippen molar-refractivity contribution in [1.29, 1.82) is 0 Å². The van der Waals surface area contributed by atoms with E-state index in [1.54, 1.807) is 0 Å². The maximum absolute atomic E-state index is 10.8. The summed E-state index contributed by atoms with van der Waals surface area (Å²) >= 11 is 0. The summed E-state index contributed by atoms with van der Waals surface area (Å²) in [4.78, 5) is 32.4. The van der Waals surface area contributed by atoms with E-state index in [-0.39, 0.29) is 35.1 Å². The molecular weight excluding hydrogens is 447 g/mol. The van der Waals surface area contributed by atoms with Crippen LogP contribution in [0.1, 0.15) is 122 Å². The second kappa shape index (κ2) is 18.2. The molecule has 6 nitrogen and oxygen atoms in total. The van der Waals surface area contributed by atoms with Crippen molar-refractivity contribution in [2.24, 2.45) is 34.0 Å². The van der Waals surface area contributed by atoms with Crippen LogP contribution >= 0.6 is 0 Å². The number of rotatable bonds is 12. The van der Waals surface area contributed by atoms with E-state index < -0.39 is 34.2 Å². The van der Waals surface area contributed by atoms with E-state index in [0.29, 0.717) is 38.5 Å². The molecule has 0 radical (unpaired) electrons. The summed E-state index contributed by atoms with van der Waals surface area (Å²) in [5.74, 6) is -2.25. The molecule has 7 heteroatoms. The zero-order valence-electron chi connectivity index (χ0n) is 24.0. The number of carboxylic acids is 3. The van der Waals surface area contributed by atoms with Crippen molar-refractivity contribution >= 4 is 35.3 Å². The predicted molar refractivity (Wildman–Crippen MR) is 134 cm³/mol. The largest absolute Gasteiger partial charge is 3.00 e. The van der Waals surface area contributed by atoms with Gasteiger partial charge in [-0.05, 0) is 56.3 Å². The Bertz CT molecular complexity index is 491. The van der Waals surface area contributed by atoms with Crippen LogP contribution in [0.2, 0.25) is 0 Å². The fourth-order valence-corrected chi connectivity index (χ4v) is 4.77. The van der Waals surface area contributed by atoms with E-state index in [9.17, 15) is 29.7 Å². The third kappa shape index (κ3) is 9.90. The van der Waals surface area contributed by atoms with Gasteiger partial charge >= 0.3 is 17.4 Å². The van der Waals surface area contributed by atoms with Crippen molar-refractivity contribution in [2.45, 2.75) is 122 Å². The maximum Gasteiger partial charge on any atom is 3.00 e. The van der Waals surface area contributed by atoms with Gasteiger partial charge in [0.2, 0.25) is 0 Å². The third-order valence-electron chi connectivity index (χ3n) is 8.32. The maximum atomic E-state index is 10.8. The van der Waals surface area contributed by atoms with Gasteiger partial charge in [0, 0.05) is 34.2 Å². The van der Waals surface area contributed by atoms with Crippen molar-refractivity contribution in [3.63, 3.8) is 0 Å². The summed E-state index contributed by atoms with van der Waals surface area (Å²) < 4.78 is 0. The molecule has 0 fully saturated rings. The molecular formula is C27H51AlO6. The topological polar surface area (TPSA) is 120 Å². The smallest absolute Gasteiger partial charge is 0.550 e. The van der Waals surface area contributed by atoms with Gasteiger partial charge in [0.15, 0.2) is 0 Å². The Morgan fingerprint density at radius 3 is 0.588 bits per heavy atom. The van der Waals surface area contributed by atoms with Crippen LogP contribution in [0.3, 0.4) is 0 Å². The van der Waals surface area contributed by atoms with E-state index in [1.807, 2.05) is 83.1 Å². The van der Waals surface area contributed by atoms with Crippen molar-refractivity contribution in [2.75, 3.05) is 0 Å². The molecule has 0 atom stereocenters. The molecule has 0 spiro atoms. The standard InChI is InChI=1S/3C9H18O2.Al/c3*1-5-9(6-2,7(3)4)8(10)11;/h3*7H,5-6H2,1-4H3,(H,10,11);/q;;;+3/p-3. The second-order valence-corrected chi connectivity index (χ2v) is 9.92. The summed E-state index contributed by atoms with van der Waals surface area (Å²) in [6.45, 7) is 23.0. The number of aliphatic carboxylic acids is 3. The van der Waals surface area contributed by atoms with Crippen LogP contribution in [0.25, 0.3) is 0 Å². The molecule has 0 N–H and O–H groups in total. The SMILES string of the molecule is CCC(CC)(C(=O)[O-])C(C)C.CCC(CC)(C(=O)[O-])C(C)C.CCC(CC)(C(=O)[O-])C(C)C.[Al+3]. The van der Waals surface area contributed by atoms with Gasteiger partial charge in [0.25, 0.3) is 0 Å². The van der Waals surface area contributed by atoms with Gasteiger partial charge < -0.3 is 29.7 Å². The Morgan fingerprint density at radius 2 is 0.588 bits per heavy atom. The first-order valence-corrected chi connectivity index (χ1v) is 12.7. The predicted octanol–water partition coefficient (Wildman–Crippen LogP) is 3.22. The Balaban J connectivity index is -0.000000196. The van der Waals surface area contributed by atoms with Crippen LogP contribution in [-0.4, -0.2) is 35.3 Å². The number of carboxylic acid groups (broad SMARTS) is 3. The number of hydrogen-bond acceptors (Lipinski definition) is 6. The van der Waals surface area contributed by atoms with E-state index in [2.05, 4.69) is 0 Å². The molecule has 0 aliphatic rings. The van der Waals surface area contributed by atoms with Crippen LogP contribution in [0, 0.1) is 34.0 Å². The van der Waals surface area contributed by atoms with Crippen molar-refractivity contribution in [3.05, 3.63) is 0 Å². The number of hydrogen-bond donors (Lipinski definition) is 0. The molecule has 0 unspecified atom stereocenters. The van der Waals surface area contributed by atoms with Gasteiger partial charge in [0.1, 0.15) is 0 Å². The summed E-state index contributed by atoms with van der Waals surface area (Å²) in [5.41, 5.74) is -1.83.